The van der Waals surface area contributed by atoms with Gasteiger partial charge in [0.15, 0.2) is 0 Å². The Labute approximate surface area is 131 Å². The predicted molar refractivity (Wildman–Crippen MR) is 88.3 cm³/mol. The maximum atomic E-state index is 11.1. The van der Waals surface area contributed by atoms with Crippen LogP contribution in [0.25, 0.3) is 0 Å². The van der Waals surface area contributed by atoms with E-state index in [9.17, 15) is 5.11 Å². The van der Waals surface area contributed by atoms with Gasteiger partial charge in [-0.2, -0.15) is 0 Å². The van der Waals surface area contributed by atoms with Gasteiger partial charge in [-0.1, -0.05) is 11.2 Å². The van der Waals surface area contributed by atoms with E-state index in [2.05, 4.69) is 5.16 Å². The van der Waals surface area contributed by atoms with E-state index < -0.39 is 5.60 Å². The average Bonchev–Trinajstić information content (AvgIpc) is 3.08. The van der Waals surface area contributed by atoms with Gasteiger partial charge in [0, 0.05) is 21.6 Å². The van der Waals surface area contributed by atoms with Crippen LogP contribution in [0, 0.1) is 6.92 Å². The van der Waals surface area contributed by atoms with Crippen molar-refractivity contribution in [2.75, 3.05) is 12.5 Å². The molecule has 2 aromatic rings. The Balaban J connectivity index is 2.36. The molecular weight excluding hydrogens is 310 g/mol. The van der Waals surface area contributed by atoms with Gasteiger partial charge >= 0.3 is 0 Å². The summed E-state index contributed by atoms with van der Waals surface area (Å²) >= 11 is 4.81. The van der Waals surface area contributed by atoms with Crippen molar-refractivity contribution in [3.05, 3.63) is 50.2 Å². The number of thiophene rings is 1. The van der Waals surface area contributed by atoms with Gasteiger partial charge in [-0.05, 0) is 37.0 Å². The van der Waals surface area contributed by atoms with E-state index in [-0.39, 0.29) is 0 Å². The molecule has 0 spiro atoms. The first-order valence-electron chi connectivity index (χ1n) is 6.07. The van der Waals surface area contributed by atoms with Gasteiger partial charge in [-0.15, -0.1) is 34.9 Å². The lowest BCUT2D eigenvalue weighted by Crippen LogP contribution is -2.25. The molecule has 0 aliphatic rings. The van der Waals surface area contributed by atoms with Crippen molar-refractivity contribution >= 4 is 34.9 Å². The van der Waals surface area contributed by atoms with Crippen LogP contribution in [0.15, 0.2) is 38.4 Å². The van der Waals surface area contributed by atoms with Crippen LogP contribution in [0.4, 0.5) is 0 Å². The van der Waals surface area contributed by atoms with Crippen molar-refractivity contribution in [3.63, 3.8) is 0 Å². The molecule has 1 unspecified atom stereocenters. The Morgan fingerprint density at radius 1 is 1.50 bits per heavy atom. The third kappa shape index (κ3) is 3.69. The normalized spacial score (nSPS) is 14.0. The van der Waals surface area contributed by atoms with Gasteiger partial charge in [0.2, 0.25) is 0 Å². The summed E-state index contributed by atoms with van der Waals surface area (Å²) in [6.45, 7) is 1.88. The molecule has 0 aromatic carbocycles. The van der Waals surface area contributed by atoms with Crippen LogP contribution in [0.1, 0.15) is 16.3 Å². The lowest BCUT2D eigenvalue weighted by molar-refractivity contribution is 0.0854. The van der Waals surface area contributed by atoms with Gasteiger partial charge in [-0.25, -0.2) is 0 Å². The largest absolute Gasteiger partial charge is 0.380 e. The molecule has 0 aliphatic heterocycles. The summed E-state index contributed by atoms with van der Waals surface area (Å²) in [6, 6.07) is 5.76. The molecule has 0 fully saturated rings. The summed E-state index contributed by atoms with van der Waals surface area (Å²) in [7, 11) is 0. The molecule has 0 saturated carbocycles. The van der Waals surface area contributed by atoms with E-state index in [0.29, 0.717) is 12.2 Å². The van der Waals surface area contributed by atoms with Gasteiger partial charge in [0.25, 0.3) is 0 Å². The fourth-order valence-electron chi connectivity index (χ4n) is 1.90. The molecule has 6 heteroatoms. The smallest absolute Gasteiger partial charge is 0.140 e. The standard InChI is InChI=1S/C14H17NO2S3/c1-10-7-11(17-15-10)8-14(16,9-13(18-2)19-3)12-5-4-6-20-12/h4-7,9,16H,8H2,1-3H3. The van der Waals surface area contributed by atoms with Gasteiger partial charge in [0.1, 0.15) is 11.4 Å². The summed E-state index contributed by atoms with van der Waals surface area (Å²) < 4.78 is 6.34. The summed E-state index contributed by atoms with van der Waals surface area (Å²) in [4.78, 5) is 0.909. The minimum atomic E-state index is -1.05. The van der Waals surface area contributed by atoms with Crippen LogP contribution in [-0.2, 0) is 12.0 Å². The second kappa shape index (κ2) is 6.85. The van der Waals surface area contributed by atoms with Crippen molar-refractivity contribution in [2.45, 2.75) is 18.9 Å². The lowest BCUT2D eigenvalue weighted by atomic mass is 9.96. The zero-order valence-electron chi connectivity index (χ0n) is 11.6. The molecule has 0 amide bonds. The van der Waals surface area contributed by atoms with Crippen molar-refractivity contribution < 1.29 is 9.63 Å². The van der Waals surface area contributed by atoms with Crippen LogP contribution < -0.4 is 0 Å². The average molecular weight is 327 g/mol. The maximum Gasteiger partial charge on any atom is 0.140 e. The molecule has 2 heterocycles. The molecule has 0 aliphatic carbocycles. The highest BCUT2D eigenvalue weighted by Crippen LogP contribution is 2.36. The minimum Gasteiger partial charge on any atom is -0.380 e. The molecule has 3 nitrogen and oxygen atoms in total. The van der Waals surface area contributed by atoms with E-state index >= 15 is 0 Å². The summed E-state index contributed by atoms with van der Waals surface area (Å²) in [5, 5.41) is 16.9. The Hall–Kier alpha value is -0.690. The van der Waals surface area contributed by atoms with Gasteiger partial charge < -0.3 is 9.63 Å². The fraction of sp³-hybridized carbons (Fsp3) is 0.357. The molecule has 2 aromatic heterocycles. The number of nitrogens with zero attached hydrogens (tertiary/aromatic N) is 1. The van der Waals surface area contributed by atoms with Crippen LogP contribution in [0.2, 0.25) is 0 Å². The number of aliphatic hydroxyl groups is 1. The molecule has 1 N–H and O–H groups in total. The molecule has 20 heavy (non-hydrogen) atoms. The predicted octanol–water partition coefficient (Wildman–Crippen LogP) is 4.04. The Morgan fingerprint density at radius 2 is 2.25 bits per heavy atom. The summed E-state index contributed by atoms with van der Waals surface area (Å²) in [5.41, 5.74) is -0.228. The Bertz CT molecular complexity index is 571. The SMILES string of the molecule is CSC(=CC(O)(Cc1cc(C)no1)c1cccs1)SC. The first-order chi connectivity index (χ1) is 9.57. The maximum absolute atomic E-state index is 11.1. The molecule has 0 radical (unpaired) electrons. The highest BCUT2D eigenvalue weighted by atomic mass is 32.2. The molecule has 2 rings (SSSR count). The zero-order chi connectivity index (χ0) is 14.6. The zero-order valence-corrected chi connectivity index (χ0v) is 14.1. The number of aromatic nitrogens is 1. The van der Waals surface area contributed by atoms with E-state index in [4.69, 9.17) is 4.52 Å². The van der Waals surface area contributed by atoms with Crippen molar-refractivity contribution in [3.8, 4) is 0 Å². The third-order valence-corrected chi connectivity index (χ3v) is 5.90. The lowest BCUT2D eigenvalue weighted by Gasteiger charge is -2.23. The number of thioether (sulfide) groups is 2. The van der Waals surface area contributed by atoms with Crippen molar-refractivity contribution in [1.82, 2.24) is 5.16 Å². The van der Waals surface area contributed by atoms with E-state index in [1.807, 2.05) is 49.1 Å². The first-order valence-corrected chi connectivity index (χ1v) is 9.39. The number of rotatable bonds is 6. The van der Waals surface area contributed by atoms with Crippen molar-refractivity contribution in [2.24, 2.45) is 0 Å². The van der Waals surface area contributed by atoms with Crippen LogP contribution in [-0.4, -0.2) is 22.8 Å². The van der Waals surface area contributed by atoms with Crippen LogP contribution in [0.5, 0.6) is 0 Å². The molecular formula is C14H17NO2S3. The topological polar surface area (TPSA) is 46.3 Å². The highest BCUT2D eigenvalue weighted by Gasteiger charge is 2.30. The third-order valence-electron chi connectivity index (χ3n) is 2.83. The second-order valence-electron chi connectivity index (χ2n) is 4.38. The fourth-order valence-corrected chi connectivity index (χ4v) is 3.98. The summed E-state index contributed by atoms with van der Waals surface area (Å²) in [6.07, 6.45) is 6.32. The van der Waals surface area contributed by atoms with E-state index in [1.54, 1.807) is 34.9 Å². The number of hydrogen-bond acceptors (Lipinski definition) is 6. The van der Waals surface area contributed by atoms with E-state index in [0.717, 1.165) is 14.8 Å². The second-order valence-corrected chi connectivity index (χ2v) is 7.29. The molecule has 1 atom stereocenters. The Kier molecular flexibility index (Phi) is 5.37. The van der Waals surface area contributed by atoms with E-state index in [1.165, 1.54) is 0 Å². The number of hydrogen-bond donors (Lipinski definition) is 1. The minimum absolute atomic E-state index is 0.388. The Morgan fingerprint density at radius 3 is 2.75 bits per heavy atom. The molecule has 0 saturated heterocycles. The first kappa shape index (κ1) is 15.7. The number of aryl methyl sites for hydroxylation is 1. The van der Waals surface area contributed by atoms with Gasteiger partial charge in [-0.3, -0.25) is 0 Å². The van der Waals surface area contributed by atoms with Gasteiger partial charge in [0.05, 0.1) is 5.69 Å². The molecule has 108 valence electrons. The molecule has 0 bridgehead atoms. The summed E-state index contributed by atoms with van der Waals surface area (Å²) in [5.74, 6) is 0.691. The van der Waals surface area contributed by atoms with Crippen LogP contribution in [0.3, 0.4) is 0 Å². The van der Waals surface area contributed by atoms with Crippen molar-refractivity contribution in [1.29, 1.82) is 0 Å². The highest BCUT2D eigenvalue weighted by molar-refractivity contribution is 8.21. The quantitative estimate of drug-likeness (QED) is 0.867. The monoisotopic (exact) mass is 327 g/mol. The van der Waals surface area contributed by atoms with Crippen LogP contribution >= 0.6 is 34.9 Å².